The highest BCUT2D eigenvalue weighted by Crippen LogP contribution is 2.45. The molecule has 3 rings (SSSR count). The SMILES string of the molecule is Clc1cc2c(cc1C(Cl)C1CCCCC1)OCCCO2. The number of alkyl halides is 1. The standard InChI is InChI=1S/C16H20Cl2O2/c17-13-10-15-14(19-7-4-8-20-15)9-12(13)16(18)11-5-2-1-3-6-11/h9-11,16H,1-8H2. The van der Waals surface area contributed by atoms with Gasteiger partial charge in [-0.2, -0.15) is 0 Å². The Morgan fingerprint density at radius 3 is 2.30 bits per heavy atom. The van der Waals surface area contributed by atoms with E-state index in [1.165, 1.54) is 32.1 Å². The first-order valence-corrected chi connectivity index (χ1v) is 8.30. The zero-order valence-electron chi connectivity index (χ0n) is 11.5. The Hall–Kier alpha value is -0.600. The molecule has 1 aromatic carbocycles. The topological polar surface area (TPSA) is 18.5 Å². The summed E-state index contributed by atoms with van der Waals surface area (Å²) in [4.78, 5) is 0. The summed E-state index contributed by atoms with van der Waals surface area (Å²) < 4.78 is 11.4. The summed E-state index contributed by atoms with van der Waals surface area (Å²) in [6.07, 6.45) is 7.16. The van der Waals surface area contributed by atoms with Gasteiger partial charge in [-0.1, -0.05) is 30.9 Å². The van der Waals surface area contributed by atoms with Crippen molar-refractivity contribution < 1.29 is 9.47 Å². The first-order valence-electron chi connectivity index (χ1n) is 7.49. The van der Waals surface area contributed by atoms with Crippen molar-refractivity contribution >= 4 is 23.2 Å². The molecule has 0 spiro atoms. The third-order valence-corrected chi connectivity index (χ3v) is 5.15. The predicted octanol–water partition coefficient (Wildman–Crippen LogP) is 5.36. The summed E-state index contributed by atoms with van der Waals surface area (Å²) in [6.45, 7) is 1.36. The average molecular weight is 315 g/mol. The van der Waals surface area contributed by atoms with E-state index in [1.807, 2.05) is 12.1 Å². The lowest BCUT2D eigenvalue weighted by molar-refractivity contribution is 0.296. The molecule has 1 saturated carbocycles. The second-order valence-electron chi connectivity index (χ2n) is 5.67. The van der Waals surface area contributed by atoms with Gasteiger partial charge in [0.15, 0.2) is 11.5 Å². The molecule has 1 atom stereocenters. The number of hydrogen-bond donors (Lipinski definition) is 0. The molecule has 0 bridgehead atoms. The molecule has 2 aliphatic rings. The minimum atomic E-state index is -0.0278. The minimum Gasteiger partial charge on any atom is -0.490 e. The normalized spacial score (nSPS) is 21.3. The summed E-state index contributed by atoms with van der Waals surface area (Å²) in [6, 6.07) is 3.84. The Kier molecular flexibility index (Phi) is 4.62. The number of ether oxygens (including phenoxy) is 2. The fourth-order valence-corrected chi connectivity index (χ4v) is 3.85. The number of rotatable bonds is 2. The van der Waals surface area contributed by atoms with E-state index >= 15 is 0 Å². The molecule has 0 N–H and O–H groups in total. The van der Waals surface area contributed by atoms with E-state index < -0.39 is 0 Å². The van der Waals surface area contributed by atoms with Gasteiger partial charge in [-0.15, -0.1) is 11.6 Å². The summed E-state index contributed by atoms with van der Waals surface area (Å²) in [5, 5.41) is 0.666. The van der Waals surface area contributed by atoms with Crippen LogP contribution in [0.4, 0.5) is 0 Å². The lowest BCUT2D eigenvalue weighted by Crippen LogP contribution is -2.12. The molecule has 1 aliphatic carbocycles. The first kappa shape index (κ1) is 14.3. The first-order chi connectivity index (χ1) is 9.75. The molecule has 0 amide bonds. The largest absolute Gasteiger partial charge is 0.490 e. The lowest BCUT2D eigenvalue weighted by Gasteiger charge is -2.27. The van der Waals surface area contributed by atoms with E-state index in [0.717, 1.165) is 23.5 Å². The van der Waals surface area contributed by atoms with Crippen molar-refractivity contribution in [2.24, 2.45) is 5.92 Å². The monoisotopic (exact) mass is 314 g/mol. The van der Waals surface area contributed by atoms with Crippen LogP contribution in [-0.2, 0) is 0 Å². The van der Waals surface area contributed by atoms with Gasteiger partial charge in [0, 0.05) is 17.5 Å². The minimum absolute atomic E-state index is 0.0278. The van der Waals surface area contributed by atoms with Gasteiger partial charge in [0.2, 0.25) is 0 Å². The maximum absolute atomic E-state index is 6.69. The van der Waals surface area contributed by atoms with Gasteiger partial charge >= 0.3 is 0 Å². The molecule has 1 aliphatic heterocycles. The van der Waals surface area contributed by atoms with Crippen LogP contribution < -0.4 is 9.47 Å². The Balaban J connectivity index is 1.86. The molecule has 0 saturated heterocycles. The van der Waals surface area contributed by atoms with Crippen LogP contribution in [-0.4, -0.2) is 13.2 Å². The molecule has 4 heteroatoms. The maximum atomic E-state index is 6.69. The molecule has 2 nitrogen and oxygen atoms in total. The van der Waals surface area contributed by atoms with Crippen LogP contribution in [0.1, 0.15) is 49.5 Å². The van der Waals surface area contributed by atoms with E-state index in [-0.39, 0.29) is 5.38 Å². The van der Waals surface area contributed by atoms with E-state index in [4.69, 9.17) is 32.7 Å². The second kappa shape index (κ2) is 6.44. The van der Waals surface area contributed by atoms with Gasteiger partial charge in [-0.05, 0) is 30.4 Å². The molecule has 0 aromatic heterocycles. The number of hydrogen-bond acceptors (Lipinski definition) is 2. The molecule has 1 aromatic rings. The van der Waals surface area contributed by atoms with Crippen LogP contribution in [0.3, 0.4) is 0 Å². The highest BCUT2D eigenvalue weighted by atomic mass is 35.5. The number of benzene rings is 1. The van der Waals surface area contributed by atoms with E-state index in [0.29, 0.717) is 24.2 Å². The van der Waals surface area contributed by atoms with Crippen LogP contribution in [0, 0.1) is 5.92 Å². The Labute approximate surface area is 130 Å². The summed E-state index contributed by atoms with van der Waals surface area (Å²) in [5.74, 6) is 2.04. The van der Waals surface area contributed by atoms with E-state index in [9.17, 15) is 0 Å². The molecular formula is C16H20Cl2O2. The quantitative estimate of drug-likeness (QED) is 0.684. The third-order valence-electron chi connectivity index (χ3n) is 4.23. The van der Waals surface area contributed by atoms with Crippen molar-refractivity contribution in [1.29, 1.82) is 0 Å². The lowest BCUT2D eigenvalue weighted by atomic mass is 9.84. The highest BCUT2D eigenvalue weighted by Gasteiger charge is 2.26. The van der Waals surface area contributed by atoms with Crippen LogP contribution in [0.2, 0.25) is 5.02 Å². The van der Waals surface area contributed by atoms with Crippen molar-refractivity contribution in [3.05, 3.63) is 22.7 Å². The van der Waals surface area contributed by atoms with Gasteiger partial charge in [0.1, 0.15) is 0 Å². The van der Waals surface area contributed by atoms with Crippen molar-refractivity contribution in [3.63, 3.8) is 0 Å². The highest BCUT2D eigenvalue weighted by molar-refractivity contribution is 6.33. The second-order valence-corrected chi connectivity index (χ2v) is 6.55. The summed E-state index contributed by atoms with van der Waals surface area (Å²) in [5.41, 5.74) is 0.990. The van der Waals surface area contributed by atoms with Crippen LogP contribution in [0.5, 0.6) is 11.5 Å². The van der Waals surface area contributed by atoms with E-state index in [1.54, 1.807) is 0 Å². The van der Waals surface area contributed by atoms with Crippen LogP contribution >= 0.6 is 23.2 Å². The maximum Gasteiger partial charge on any atom is 0.162 e. The van der Waals surface area contributed by atoms with Crippen molar-refractivity contribution in [2.75, 3.05) is 13.2 Å². The summed E-state index contributed by atoms with van der Waals surface area (Å²) >= 11 is 13.1. The third kappa shape index (κ3) is 3.01. The Morgan fingerprint density at radius 2 is 1.60 bits per heavy atom. The Morgan fingerprint density at radius 1 is 0.950 bits per heavy atom. The van der Waals surface area contributed by atoms with Crippen LogP contribution in [0.25, 0.3) is 0 Å². The van der Waals surface area contributed by atoms with Crippen molar-refractivity contribution in [2.45, 2.75) is 43.9 Å². The van der Waals surface area contributed by atoms with Crippen molar-refractivity contribution in [3.8, 4) is 11.5 Å². The molecule has 20 heavy (non-hydrogen) atoms. The number of halogens is 2. The van der Waals surface area contributed by atoms with Gasteiger partial charge in [0.05, 0.1) is 18.6 Å². The molecule has 1 heterocycles. The molecule has 110 valence electrons. The average Bonchev–Trinajstić information content (AvgIpc) is 2.71. The zero-order chi connectivity index (χ0) is 13.9. The van der Waals surface area contributed by atoms with Gasteiger partial charge in [-0.25, -0.2) is 0 Å². The molecule has 1 fully saturated rings. The van der Waals surface area contributed by atoms with Gasteiger partial charge in [0.25, 0.3) is 0 Å². The van der Waals surface area contributed by atoms with E-state index in [2.05, 4.69) is 0 Å². The summed E-state index contributed by atoms with van der Waals surface area (Å²) in [7, 11) is 0. The molecule has 0 radical (unpaired) electrons. The van der Waals surface area contributed by atoms with Gasteiger partial charge in [-0.3, -0.25) is 0 Å². The molecule has 1 unspecified atom stereocenters. The molecular weight excluding hydrogens is 295 g/mol. The smallest absolute Gasteiger partial charge is 0.162 e. The fourth-order valence-electron chi connectivity index (χ4n) is 3.09. The fraction of sp³-hybridized carbons (Fsp3) is 0.625. The zero-order valence-corrected chi connectivity index (χ0v) is 13.1. The van der Waals surface area contributed by atoms with Crippen molar-refractivity contribution in [1.82, 2.24) is 0 Å². The van der Waals surface area contributed by atoms with Crippen LogP contribution in [0.15, 0.2) is 12.1 Å². The Bertz CT molecular complexity index is 470. The number of fused-ring (bicyclic) bond motifs is 1. The predicted molar refractivity (Wildman–Crippen MR) is 82.2 cm³/mol. The van der Waals surface area contributed by atoms with Gasteiger partial charge < -0.3 is 9.47 Å².